The normalized spacial score (nSPS) is 57.3. The van der Waals surface area contributed by atoms with Crippen LogP contribution in [0.2, 0.25) is 0 Å². The highest BCUT2D eigenvalue weighted by atomic mass is 16.7. The smallest absolute Gasteiger partial charge is 0.312 e. The van der Waals surface area contributed by atoms with E-state index in [2.05, 4.69) is 39.0 Å². The summed E-state index contributed by atoms with van der Waals surface area (Å²) in [7, 11) is 0. The summed E-state index contributed by atoms with van der Waals surface area (Å²) in [5, 5.41) is 33.7. The first-order valence-electron chi connectivity index (χ1n) is 17.3. The molecule has 6 aliphatic carbocycles. The largest absolute Gasteiger partial charge is 0.474 e. The fraction of sp³-hybridized carbons (Fsp3) is 0.658. The number of rotatable bonds is 1. The lowest BCUT2D eigenvalue weighted by atomic mass is 9.34. The van der Waals surface area contributed by atoms with Crippen molar-refractivity contribution in [2.75, 3.05) is 6.61 Å². The van der Waals surface area contributed by atoms with Crippen molar-refractivity contribution in [1.29, 1.82) is 0 Å². The Bertz CT molecular complexity index is 1800. The zero-order valence-corrected chi connectivity index (χ0v) is 27.2. The molecule has 4 saturated carbocycles. The molecular formula is C38H42O9. The molecule has 0 radical (unpaired) electrons. The molecule has 9 heteroatoms. The van der Waals surface area contributed by atoms with Gasteiger partial charge in [-0.2, -0.15) is 0 Å². The zero-order valence-electron chi connectivity index (χ0n) is 27.2. The number of benzene rings is 1. The molecule has 9 nitrogen and oxygen atoms in total. The number of esters is 1. The van der Waals surface area contributed by atoms with Crippen LogP contribution >= 0.6 is 0 Å². The minimum atomic E-state index is -1.56. The Morgan fingerprint density at radius 3 is 2.47 bits per heavy atom. The van der Waals surface area contributed by atoms with Crippen LogP contribution < -0.4 is 4.74 Å². The average molecular weight is 643 g/mol. The number of aliphatic hydroxyl groups excluding tert-OH is 2. The molecule has 14 atom stereocenters. The fourth-order valence-electron chi connectivity index (χ4n) is 13.8. The number of fused-ring (bicyclic) bond motifs is 7. The minimum Gasteiger partial charge on any atom is -0.474 e. The molecule has 2 spiro atoms. The van der Waals surface area contributed by atoms with E-state index in [-0.39, 0.29) is 42.3 Å². The molecular weight excluding hydrogens is 600 g/mol. The van der Waals surface area contributed by atoms with Crippen LogP contribution in [-0.2, 0) is 19.1 Å². The second kappa shape index (κ2) is 7.96. The van der Waals surface area contributed by atoms with Gasteiger partial charge in [-0.15, -0.1) is 0 Å². The van der Waals surface area contributed by atoms with E-state index in [0.29, 0.717) is 24.2 Å². The molecule has 1 aromatic rings. The molecule has 9 aliphatic rings. The number of para-hydroxylation sites is 1. The van der Waals surface area contributed by atoms with Gasteiger partial charge >= 0.3 is 5.97 Å². The van der Waals surface area contributed by atoms with E-state index in [0.717, 1.165) is 24.8 Å². The molecule has 10 rings (SSSR count). The molecule has 47 heavy (non-hydrogen) atoms. The van der Waals surface area contributed by atoms with Gasteiger partial charge in [0.25, 0.3) is 0 Å². The second-order valence-corrected chi connectivity index (χ2v) is 17.5. The van der Waals surface area contributed by atoms with Crippen molar-refractivity contribution < 1.29 is 43.9 Å². The van der Waals surface area contributed by atoms with Crippen molar-refractivity contribution in [2.45, 2.75) is 95.4 Å². The highest BCUT2D eigenvalue weighted by molar-refractivity contribution is 6.11. The SMILES string of the molecule is C[C@]12CC=C3[C@@]4(C[C@]3(C)[C@@H]1[C@@H](O)C(=O)[C@]1(C)[C@@H]2C=C[C@]23C[C@@]21CC[C@H]3[C@@H]1C[C@@]2(OC[C@](C)(O)[C@H]2O)OC1=O)Oc1ccccc1C4=O. The maximum atomic E-state index is 14.9. The molecule has 0 aromatic heterocycles. The van der Waals surface area contributed by atoms with E-state index < -0.39 is 68.2 Å². The van der Waals surface area contributed by atoms with Crippen LogP contribution in [0, 0.1) is 50.7 Å². The Morgan fingerprint density at radius 2 is 1.74 bits per heavy atom. The van der Waals surface area contributed by atoms with Crippen LogP contribution in [0.5, 0.6) is 5.75 Å². The molecule has 1 aromatic carbocycles. The molecule has 0 unspecified atom stereocenters. The van der Waals surface area contributed by atoms with Crippen LogP contribution in [-0.4, -0.2) is 68.7 Å². The van der Waals surface area contributed by atoms with Crippen molar-refractivity contribution >= 4 is 17.5 Å². The van der Waals surface area contributed by atoms with Crippen LogP contribution in [0.4, 0.5) is 0 Å². The number of ketones is 2. The summed E-state index contributed by atoms with van der Waals surface area (Å²) in [5.74, 6) is -2.70. The van der Waals surface area contributed by atoms with Crippen LogP contribution in [0.25, 0.3) is 0 Å². The van der Waals surface area contributed by atoms with Gasteiger partial charge < -0.3 is 29.5 Å². The molecule has 2 saturated heterocycles. The van der Waals surface area contributed by atoms with E-state index in [1.54, 1.807) is 6.07 Å². The minimum absolute atomic E-state index is 0.0375. The van der Waals surface area contributed by atoms with Crippen LogP contribution in [0.1, 0.15) is 76.6 Å². The van der Waals surface area contributed by atoms with Gasteiger partial charge in [0.1, 0.15) is 23.6 Å². The summed E-state index contributed by atoms with van der Waals surface area (Å²) in [4.78, 5) is 42.1. The van der Waals surface area contributed by atoms with E-state index in [1.165, 1.54) is 6.92 Å². The van der Waals surface area contributed by atoms with E-state index in [4.69, 9.17) is 14.2 Å². The number of carbonyl (C=O) groups is 3. The maximum absolute atomic E-state index is 14.9. The summed E-state index contributed by atoms with van der Waals surface area (Å²) in [6.07, 6.45) is 7.58. The van der Waals surface area contributed by atoms with Crippen molar-refractivity contribution in [3.63, 3.8) is 0 Å². The maximum Gasteiger partial charge on any atom is 0.312 e. The third-order valence-electron chi connectivity index (χ3n) is 15.7. The Balaban J connectivity index is 1.01. The second-order valence-electron chi connectivity index (χ2n) is 17.5. The van der Waals surface area contributed by atoms with Crippen molar-refractivity contribution in [1.82, 2.24) is 0 Å². The number of Topliss-reactive ketones (excluding diaryl/α,β-unsaturated/α-hetero) is 2. The first-order valence-corrected chi connectivity index (χ1v) is 17.3. The Hall–Kier alpha value is -2.85. The van der Waals surface area contributed by atoms with Gasteiger partial charge in [0.15, 0.2) is 11.4 Å². The highest BCUT2D eigenvalue weighted by Crippen LogP contribution is 2.89. The van der Waals surface area contributed by atoms with Crippen molar-refractivity contribution in [3.05, 3.63) is 53.6 Å². The average Bonchev–Trinajstić information content (AvgIpc) is 3.16. The Labute approximate surface area is 273 Å². The predicted octanol–water partition coefficient (Wildman–Crippen LogP) is 3.69. The van der Waals surface area contributed by atoms with Crippen LogP contribution in [0.3, 0.4) is 0 Å². The lowest BCUT2D eigenvalue weighted by Gasteiger charge is -2.69. The van der Waals surface area contributed by atoms with E-state index in [9.17, 15) is 29.7 Å². The third-order valence-corrected chi connectivity index (χ3v) is 15.7. The number of ether oxygens (including phenoxy) is 3. The monoisotopic (exact) mass is 642 g/mol. The van der Waals surface area contributed by atoms with Gasteiger partial charge in [-0.05, 0) is 78.4 Å². The predicted molar refractivity (Wildman–Crippen MR) is 165 cm³/mol. The Kier molecular flexibility index (Phi) is 4.93. The zero-order chi connectivity index (χ0) is 32.9. The van der Waals surface area contributed by atoms with Gasteiger partial charge in [-0.25, -0.2) is 0 Å². The lowest BCUT2D eigenvalue weighted by molar-refractivity contribution is -0.223. The highest BCUT2D eigenvalue weighted by Gasteiger charge is 2.87. The summed E-state index contributed by atoms with van der Waals surface area (Å²) < 4.78 is 17.9. The fourth-order valence-corrected chi connectivity index (χ4v) is 13.8. The summed E-state index contributed by atoms with van der Waals surface area (Å²) in [5.41, 5.74) is -3.75. The summed E-state index contributed by atoms with van der Waals surface area (Å²) >= 11 is 0. The van der Waals surface area contributed by atoms with E-state index >= 15 is 0 Å². The first kappa shape index (κ1) is 29.1. The summed E-state index contributed by atoms with van der Waals surface area (Å²) in [6, 6.07) is 7.35. The van der Waals surface area contributed by atoms with Crippen molar-refractivity contribution in [3.8, 4) is 5.75 Å². The number of hydrogen-bond acceptors (Lipinski definition) is 9. The van der Waals surface area contributed by atoms with Gasteiger partial charge in [0.2, 0.25) is 11.6 Å². The lowest BCUT2D eigenvalue weighted by Crippen LogP contribution is -2.73. The molecule has 0 bridgehead atoms. The third kappa shape index (κ3) is 2.78. The molecule has 3 aliphatic heterocycles. The number of hydrogen-bond donors (Lipinski definition) is 3. The quantitative estimate of drug-likeness (QED) is 0.309. The van der Waals surface area contributed by atoms with Gasteiger partial charge in [-0.1, -0.05) is 51.1 Å². The molecule has 3 heterocycles. The molecule has 248 valence electrons. The van der Waals surface area contributed by atoms with Gasteiger partial charge in [-0.3, -0.25) is 14.4 Å². The molecule has 3 N–H and O–H groups in total. The number of carbonyl (C=O) groups excluding carboxylic acids is 3. The summed E-state index contributed by atoms with van der Waals surface area (Å²) in [6.45, 7) is 7.75. The first-order chi connectivity index (χ1) is 22.1. The van der Waals surface area contributed by atoms with Gasteiger partial charge in [0, 0.05) is 29.6 Å². The molecule has 6 fully saturated rings. The van der Waals surface area contributed by atoms with Crippen LogP contribution in [0.15, 0.2) is 48.1 Å². The molecule has 0 amide bonds. The van der Waals surface area contributed by atoms with Gasteiger partial charge in [0.05, 0.1) is 18.1 Å². The Morgan fingerprint density at radius 1 is 0.979 bits per heavy atom. The van der Waals surface area contributed by atoms with E-state index in [1.807, 2.05) is 18.2 Å². The van der Waals surface area contributed by atoms with Crippen molar-refractivity contribution in [2.24, 2.45) is 50.7 Å². The standard InChI is InChI=1S/C38H42O9/c1-31-12-10-24-32(2,16-37(24)27(40)19-7-5-6-8-22(19)46-37)26(31)25(39)28(41)34(4)23(31)11-13-35-17-36(34,35)14-9-21(35)20-15-38(47-29(20)42)30(43)33(3,44)18-45-38/h5-8,10-11,13,20-21,23,25-26,30,39,43-44H,9,12,14-18H2,1-4H3/t20-,21-,23+,25+,26+,30+,31+,32-,33-,34-,35+,36+,37+,38+/m0/s1. The number of allylic oxidation sites excluding steroid dienone is 3. The number of aliphatic hydroxyl groups is 3. The topological polar surface area (TPSA) is 140 Å².